The van der Waals surface area contributed by atoms with Crippen molar-refractivity contribution in [2.45, 2.75) is 44.9 Å². The van der Waals surface area contributed by atoms with Crippen LogP contribution in [0.4, 0.5) is 0 Å². The molecule has 1 N–H and O–H groups in total. The molecule has 2 rings (SSSR count). The van der Waals surface area contributed by atoms with Crippen molar-refractivity contribution in [3.63, 3.8) is 0 Å². The van der Waals surface area contributed by atoms with Crippen molar-refractivity contribution in [1.82, 2.24) is 5.32 Å². The maximum absolute atomic E-state index is 4.59. The van der Waals surface area contributed by atoms with Gasteiger partial charge in [0.1, 0.15) is 0 Å². The van der Waals surface area contributed by atoms with Crippen LogP contribution in [0, 0.1) is 6.92 Å². The lowest BCUT2D eigenvalue weighted by molar-refractivity contribution is 0.720. The summed E-state index contributed by atoms with van der Waals surface area (Å²) in [4.78, 5) is 4.59. The highest BCUT2D eigenvalue weighted by Crippen LogP contribution is 2.25. The van der Waals surface area contributed by atoms with Gasteiger partial charge in [0.2, 0.25) is 0 Å². The molecule has 18 heavy (non-hydrogen) atoms. The van der Waals surface area contributed by atoms with Crippen LogP contribution in [0.25, 0.3) is 0 Å². The van der Waals surface area contributed by atoms with Gasteiger partial charge in [-0.15, -0.1) is 0 Å². The molecule has 0 aromatic heterocycles. The first-order valence-corrected chi connectivity index (χ1v) is 7.61. The Morgan fingerprint density at radius 1 is 1.39 bits per heavy atom. The summed E-state index contributed by atoms with van der Waals surface area (Å²) in [5, 5.41) is 5.31. The molecule has 0 radical (unpaired) electrons. The normalized spacial score (nSPS) is 20.6. The SMILES string of the molecule is CCCC1CN=C(NC(C)c2ccc(C)cc2)S1. The molecule has 0 fully saturated rings. The van der Waals surface area contributed by atoms with Crippen LogP contribution < -0.4 is 5.32 Å². The van der Waals surface area contributed by atoms with Gasteiger partial charge < -0.3 is 5.32 Å². The Morgan fingerprint density at radius 3 is 2.78 bits per heavy atom. The molecule has 0 amide bonds. The second kappa shape index (κ2) is 6.28. The second-order valence-electron chi connectivity index (χ2n) is 4.95. The Bertz CT molecular complexity index is 411. The van der Waals surface area contributed by atoms with E-state index in [-0.39, 0.29) is 0 Å². The van der Waals surface area contributed by atoms with Gasteiger partial charge >= 0.3 is 0 Å². The number of aliphatic imine (C=N–C) groups is 1. The van der Waals surface area contributed by atoms with Crippen LogP contribution >= 0.6 is 11.8 Å². The molecule has 1 aromatic rings. The van der Waals surface area contributed by atoms with Crippen molar-refractivity contribution < 1.29 is 0 Å². The van der Waals surface area contributed by atoms with E-state index in [1.807, 2.05) is 11.8 Å². The molecule has 98 valence electrons. The Morgan fingerprint density at radius 2 is 2.11 bits per heavy atom. The number of thioether (sulfide) groups is 1. The van der Waals surface area contributed by atoms with Crippen LogP contribution in [-0.2, 0) is 0 Å². The highest BCUT2D eigenvalue weighted by molar-refractivity contribution is 8.14. The minimum Gasteiger partial charge on any atom is -0.358 e. The highest BCUT2D eigenvalue weighted by Gasteiger charge is 2.20. The summed E-state index contributed by atoms with van der Waals surface area (Å²) in [6, 6.07) is 9.04. The Kier molecular flexibility index (Phi) is 4.70. The van der Waals surface area contributed by atoms with Crippen molar-refractivity contribution >= 4 is 16.9 Å². The highest BCUT2D eigenvalue weighted by atomic mass is 32.2. The third-order valence-electron chi connectivity index (χ3n) is 3.24. The first kappa shape index (κ1) is 13.5. The minimum absolute atomic E-state index is 0.331. The molecule has 0 bridgehead atoms. The lowest BCUT2D eigenvalue weighted by Crippen LogP contribution is -2.23. The van der Waals surface area contributed by atoms with E-state index in [1.54, 1.807) is 0 Å². The lowest BCUT2D eigenvalue weighted by Gasteiger charge is -2.15. The van der Waals surface area contributed by atoms with Crippen LogP contribution in [0.3, 0.4) is 0 Å². The van der Waals surface area contributed by atoms with E-state index in [0.717, 1.165) is 11.7 Å². The molecular formula is C15H22N2S. The third-order valence-corrected chi connectivity index (χ3v) is 4.43. The van der Waals surface area contributed by atoms with E-state index in [2.05, 4.69) is 55.3 Å². The van der Waals surface area contributed by atoms with Crippen molar-refractivity contribution in [1.29, 1.82) is 0 Å². The summed E-state index contributed by atoms with van der Waals surface area (Å²) in [5.74, 6) is 0. The number of nitrogens with one attached hydrogen (secondary N) is 1. The number of rotatable bonds is 4. The fourth-order valence-corrected chi connectivity index (χ4v) is 3.30. The molecule has 1 aliphatic heterocycles. The summed E-state index contributed by atoms with van der Waals surface area (Å²) in [5.41, 5.74) is 2.63. The van der Waals surface area contributed by atoms with Gasteiger partial charge in [0.25, 0.3) is 0 Å². The maximum Gasteiger partial charge on any atom is 0.157 e. The number of aryl methyl sites for hydroxylation is 1. The zero-order chi connectivity index (χ0) is 13.0. The lowest BCUT2D eigenvalue weighted by atomic mass is 10.1. The Labute approximate surface area is 114 Å². The molecule has 1 heterocycles. The fraction of sp³-hybridized carbons (Fsp3) is 0.533. The molecule has 0 saturated heterocycles. The van der Waals surface area contributed by atoms with Gasteiger partial charge in [0.05, 0.1) is 12.6 Å². The molecule has 2 nitrogen and oxygen atoms in total. The fourth-order valence-electron chi connectivity index (χ4n) is 2.09. The first-order valence-electron chi connectivity index (χ1n) is 6.73. The topological polar surface area (TPSA) is 24.4 Å². The molecule has 0 aliphatic carbocycles. The largest absolute Gasteiger partial charge is 0.358 e. The van der Waals surface area contributed by atoms with Crippen molar-refractivity contribution in [3.05, 3.63) is 35.4 Å². The van der Waals surface area contributed by atoms with E-state index in [1.165, 1.54) is 24.0 Å². The van der Waals surface area contributed by atoms with E-state index >= 15 is 0 Å². The number of hydrogen-bond donors (Lipinski definition) is 1. The van der Waals surface area contributed by atoms with Crippen LogP contribution in [0.5, 0.6) is 0 Å². The molecular weight excluding hydrogens is 240 g/mol. The number of benzene rings is 1. The quantitative estimate of drug-likeness (QED) is 0.889. The van der Waals surface area contributed by atoms with Gasteiger partial charge in [0.15, 0.2) is 5.17 Å². The van der Waals surface area contributed by atoms with Gasteiger partial charge in [-0.05, 0) is 25.8 Å². The summed E-state index contributed by atoms with van der Waals surface area (Å²) in [6.07, 6.45) is 2.51. The molecule has 1 aliphatic rings. The molecule has 0 spiro atoms. The zero-order valence-corrected chi connectivity index (χ0v) is 12.3. The van der Waals surface area contributed by atoms with Crippen molar-refractivity contribution in [2.24, 2.45) is 4.99 Å². The third kappa shape index (κ3) is 3.52. The summed E-state index contributed by atoms with van der Waals surface area (Å²) < 4.78 is 0. The smallest absolute Gasteiger partial charge is 0.157 e. The van der Waals surface area contributed by atoms with Crippen molar-refractivity contribution in [2.75, 3.05) is 6.54 Å². The Hall–Kier alpha value is -0.960. The monoisotopic (exact) mass is 262 g/mol. The maximum atomic E-state index is 4.59. The van der Waals surface area contributed by atoms with E-state index in [4.69, 9.17) is 0 Å². The standard InChI is InChI=1S/C15H22N2S/c1-4-5-14-10-16-15(18-14)17-12(3)13-8-6-11(2)7-9-13/h6-9,12,14H,4-5,10H2,1-3H3,(H,16,17). The van der Waals surface area contributed by atoms with Gasteiger partial charge in [-0.3, -0.25) is 4.99 Å². The van der Waals surface area contributed by atoms with E-state index in [9.17, 15) is 0 Å². The van der Waals surface area contributed by atoms with Crippen LogP contribution in [-0.4, -0.2) is 17.0 Å². The Balaban J connectivity index is 1.88. The van der Waals surface area contributed by atoms with E-state index in [0.29, 0.717) is 11.3 Å². The average Bonchev–Trinajstić information content (AvgIpc) is 2.78. The minimum atomic E-state index is 0.331. The number of nitrogens with zero attached hydrogens (tertiary/aromatic N) is 1. The van der Waals surface area contributed by atoms with Crippen LogP contribution in [0.2, 0.25) is 0 Å². The van der Waals surface area contributed by atoms with Crippen LogP contribution in [0.15, 0.2) is 29.3 Å². The van der Waals surface area contributed by atoms with Gasteiger partial charge in [-0.1, -0.05) is 54.9 Å². The van der Waals surface area contributed by atoms with Gasteiger partial charge in [-0.2, -0.15) is 0 Å². The molecule has 2 atom stereocenters. The first-order chi connectivity index (χ1) is 8.69. The average molecular weight is 262 g/mol. The summed E-state index contributed by atoms with van der Waals surface area (Å²) in [6.45, 7) is 7.53. The molecule has 2 unspecified atom stereocenters. The van der Waals surface area contributed by atoms with Crippen LogP contribution in [0.1, 0.15) is 43.9 Å². The summed E-state index contributed by atoms with van der Waals surface area (Å²) >= 11 is 1.90. The number of amidine groups is 1. The molecule has 1 aromatic carbocycles. The zero-order valence-electron chi connectivity index (χ0n) is 11.4. The molecule has 3 heteroatoms. The predicted octanol–water partition coefficient (Wildman–Crippen LogP) is 3.92. The van der Waals surface area contributed by atoms with E-state index < -0.39 is 0 Å². The second-order valence-corrected chi connectivity index (χ2v) is 6.24. The molecule has 0 saturated carbocycles. The van der Waals surface area contributed by atoms with Gasteiger partial charge in [-0.25, -0.2) is 0 Å². The summed E-state index contributed by atoms with van der Waals surface area (Å²) in [7, 11) is 0. The predicted molar refractivity (Wildman–Crippen MR) is 81.3 cm³/mol. The number of hydrogen-bond acceptors (Lipinski definition) is 3. The van der Waals surface area contributed by atoms with Gasteiger partial charge in [0, 0.05) is 5.25 Å². The van der Waals surface area contributed by atoms with Crippen molar-refractivity contribution in [3.8, 4) is 0 Å².